The summed E-state index contributed by atoms with van der Waals surface area (Å²) in [5, 5.41) is 6.10. The van der Waals surface area contributed by atoms with E-state index in [0.29, 0.717) is 5.92 Å². The third-order valence-electron chi connectivity index (χ3n) is 3.43. The van der Waals surface area contributed by atoms with Crippen LogP contribution in [0.2, 0.25) is 0 Å². The fourth-order valence-corrected chi connectivity index (χ4v) is 2.16. The van der Waals surface area contributed by atoms with E-state index in [1.54, 1.807) is 0 Å². The van der Waals surface area contributed by atoms with Gasteiger partial charge in [-0.25, -0.2) is 4.79 Å². The maximum atomic E-state index is 12.0. The maximum Gasteiger partial charge on any atom is 0.315 e. The summed E-state index contributed by atoms with van der Waals surface area (Å²) >= 11 is 0. The van der Waals surface area contributed by atoms with Crippen molar-refractivity contribution in [3.8, 4) is 0 Å². The van der Waals surface area contributed by atoms with Gasteiger partial charge >= 0.3 is 6.03 Å². The first-order chi connectivity index (χ1) is 9.08. The number of rotatable bonds is 6. The Morgan fingerprint density at radius 1 is 1.05 bits per heavy atom. The zero-order valence-electron chi connectivity index (χ0n) is 12.4. The van der Waals surface area contributed by atoms with Crippen molar-refractivity contribution in [3.05, 3.63) is 35.9 Å². The molecule has 1 unspecified atom stereocenters. The van der Waals surface area contributed by atoms with E-state index in [1.807, 2.05) is 18.2 Å². The predicted octanol–water partition coefficient (Wildman–Crippen LogP) is 3.87. The Kier molecular flexibility index (Phi) is 6.40. The van der Waals surface area contributed by atoms with Crippen LogP contribution < -0.4 is 10.6 Å². The normalized spacial score (nSPS) is 12.5. The van der Waals surface area contributed by atoms with E-state index >= 15 is 0 Å². The number of amides is 2. The molecule has 0 heterocycles. The Balaban J connectivity index is 2.67. The predicted molar refractivity (Wildman–Crippen MR) is 80.1 cm³/mol. The van der Waals surface area contributed by atoms with Crippen LogP contribution in [-0.4, -0.2) is 12.1 Å². The molecule has 0 radical (unpaired) electrons. The molecule has 0 saturated heterocycles. The Morgan fingerprint density at radius 2 is 1.63 bits per heavy atom. The van der Waals surface area contributed by atoms with Gasteiger partial charge in [0.25, 0.3) is 0 Å². The van der Waals surface area contributed by atoms with E-state index in [4.69, 9.17) is 0 Å². The zero-order chi connectivity index (χ0) is 14.3. The third-order valence-corrected chi connectivity index (χ3v) is 3.43. The smallest absolute Gasteiger partial charge is 0.315 e. The van der Waals surface area contributed by atoms with Crippen molar-refractivity contribution < 1.29 is 4.79 Å². The summed E-state index contributed by atoms with van der Waals surface area (Å²) in [4.78, 5) is 12.0. The number of hydrogen-bond acceptors (Lipinski definition) is 1. The van der Waals surface area contributed by atoms with Gasteiger partial charge in [-0.05, 0) is 24.3 Å². The minimum absolute atomic E-state index is 0.0514. The van der Waals surface area contributed by atoms with Gasteiger partial charge in [0.2, 0.25) is 0 Å². The molecule has 0 aliphatic rings. The summed E-state index contributed by atoms with van der Waals surface area (Å²) in [6.45, 7) is 8.42. The molecule has 106 valence electrons. The van der Waals surface area contributed by atoms with Crippen LogP contribution in [0.4, 0.5) is 4.79 Å². The van der Waals surface area contributed by atoms with Crippen molar-refractivity contribution in [3.63, 3.8) is 0 Å². The van der Waals surface area contributed by atoms with Gasteiger partial charge in [-0.2, -0.15) is 0 Å². The standard InChI is InChI=1S/C16H26N2O/c1-5-14(6-2)17-16(19)18-15(12(3)4)13-10-8-7-9-11-13/h7-12,14-15H,5-6H2,1-4H3,(H2,17,18,19). The average molecular weight is 262 g/mol. The second kappa shape index (κ2) is 7.82. The Hall–Kier alpha value is -1.51. The molecular formula is C16H26N2O. The number of hydrogen-bond donors (Lipinski definition) is 2. The fraction of sp³-hybridized carbons (Fsp3) is 0.562. The largest absolute Gasteiger partial charge is 0.335 e. The van der Waals surface area contributed by atoms with E-state index in [0.717, 1.165) is 18.4 Å². The van der Waals surface area contributed by atoms with E-state index in [2.05, 4.69) is 50.5 Å². The van der Waals surface area contributed by atoms with E-state index in [9.17, 15) is 4.79 Å². The van der Waals surface area contributed by atoms with Gasteiger partial charge in [0.15, 0.2) is 0 Å². The second-order valence-corrected chi connectivity index (χ2v) is 5.26. The fourth-order valence-electron chi connectivity index (χ4n) is 2.16. The van der Waals surface area contributed by atoms with Crippen LogP contribution in [0.15, 0.2) is 30.3 Å². The summed E-state index contributed by atoms with van der Waals surface area (Å²) in [6.07, 6.45) is 1.92. The lowest BCUT2D eigenvalue weighted by atomic mass is 9.96. The lowest BCUT2D eigenvalue weighted by molar-refractivity contribution is 0.228. The van der Waals surface area contributed by atoms with Crippen molar-refractivity contribution in [2.75, 3.05) is 0 Å². The van der Waals surface area contributed by atoms with E-state index in [-0.39, 0.29) is 18.1 Å². The molecule has 0 spiro atoms. The Bertz CT molecular complexity index is 372. The first kappa shape index (κ1) is 15.5. The summed E-state index contributed by atoms with van der Waals surface area (Å²) in [6, 6.07) is 10.3. The van der Waals surface area contributed by atoms with Crippen LogP contribution in [-0.2, 0) is 0 Å². The first-order valence-electron chi connectivity index (χ1n) is 7.20. The maximum absolute atomic E-state index is 12.0. The summed E-state index contributed by atoms with van der Waals surface area (Å²) in [5.74, 6) is 0.356. The Labute approximate surface area is 116 Å². The minimum atomic E-state index is -0.0729. The molecule has 0 bridgehead atoms. The van der Waals surface area contributed by atoms with E-state index < -0.39 is 0 Å². The van der Waals surface area contributed by atoms with Crippen molar-refractivity contribution in [2.24, 2.45) is 5.92 Å². The minimum Gasteiger partial charge on any atom is -0.335 e. The van der Waals surface area contributed by atoms with Crippen LogP contribution in [0, 0.1) is 5.92 Å². The quantitative estimate of drug-likeness (QED) is 0.802. The highest BCUT2D eigenvalue weighted by molar-refractivity contribution is 5.74. The average Bonchev–Trinajstić information content (AvgIpc) is 2.42. The molecule has 0 saturated carbocycles. The molecule has 1 atom stereocenters. The molecule has 0 fully saturated rings. The van der Waals surface area contributed by atoms with Crippen molar-refractivity contribution in [1.82, 2.24) is 10.6 Å². The van der Waals surface area contributed by atoms with Crippen LogP contribution in [0.1, 0.15) is 52.1 Å². The van der Waals surface area contributed by atoms with Gasteiger partial charge < -0.3 is 10.6 Å². The van der Waals surface area contributed by atoms with Crippen molar-refractivity contribution in [1.29, 1.82) is 0 Å². The van der Waals surface area contributed by atoms with Gasteiger partial charge in [-0.3, -0.25) is 0 Å². The molecular weight excluding hydrogens is 236 g/mol. The topological polar surface area (TPSA) is 41.1 Å². The zero-order valence-corrected chi connectivity index (χ0v) is 12.4. The molecule has 1 aromatic carbocycles. The monoisotopic (exact) mass is 262 g/mol. The molecule has 2 amide bonds. The summed E-state index contributed by atoms with van der Waals surface area (Å²) in [5.41, 5.74) is 1.15. The summed E-state index contributed by atoms with van der Waals surface area (Å²) in [7, 11) is 0. The number of carbonyl (C=O) groups excluding carboxylic acids is 1. The van der Waals surface area contributed by atoms with E-state index in [1.165, 1.54) is 0 Å². The molecule has 2 N–H and O–H groups in total. The highest BCUT2D eigenvalue weighted by Gasteiger charge is 2.18. The van der Waals surface area contributed by atoms with Crippen molar-refractivity contribution >= 4 is 6.03 Å². The van der Waals surface area contributed by atoms with Crippen LogP contribution in [0.5, 0.6) is 0 Å². The lowest BCUT2D eigenvalue weighted by Gasteiger charge is -2.24. The van der Waals surface area contributed by atoms with Gasteiger partial charge in [0.05, 0.1) is 6.04 Å². The Morgan fingerprint density at radius 3 is 2.11 bits per heavy atom. The van der Waals surface area contributed by atoms with Crippen LogP contribution >= 0.6 is 0 Å². The SMILES string of the molecule is CCC(CC)NC(=O)NC(c1ccccc1)C(C)C. The number of urea groups is 1. The number of carbonyl (C=O) groups is 1. The molecule has 0 aromatic heterocycles. The molecule has 0 aliphatic heterocycles. The molecule has 3 heteroatoms. The first-order valence-corrected chi connectivity index (χ1v) is 7.20. The molecule has 1 aromatic rings. The third kappa shape index (κ3) is 4.93. The lowest BCUT2D eigenvalue weighted by Crippen LogP contribution is -2.44. The number of benzene rings is 1. The van der Waals surface area contributed by atoms with Crippen molar-refractivity contribution in [2.45, 2.75) is 52.6 Å². The van der Waals surface area contributed by atoms with Gasteiger partial charge in [-0.15, -0.1) is 0 Å². The van der Waals surface area contributed by atoms with Gasteiger partial charge in [0.1, 0.15) is 0 Å². The molecule has 19 heavy (non-hydrogen) atoms. The molecule has 1 rings (SSSR count). The van der Waals surface area contributed by atoms with Gasteiger partial charge in [0, 0.05) is 6.04 Å². The molecule has 3 nitrogen and oxygen atoms in total. The highest BCUT2D eigenvalue weighted by Crippen LogP contribution is 2.21. The highest BCUT2D eigenvalue weighted by atomic mass is 16.2. The van der Waals surface area contributed by atoms with Crippen LogP contribution in [0.25, 0.3) is 0 Å². The van der Waals surface area contributed by atoms with Gasteiger partial charge in [-0.1, -0.05) is 58.0 Å². The summed E-state index contributed by atoms with van der Waals surface area (Å²) < 4.78 is 0. The van der Waals surface area contributed by atoms with Crippen LogP contribution in [0.3, 0.4) is 0 Å². The molecule has 0 aliphatic carbocycles. The number of nitrogens with one attached hydrogen (secondary N) is 2. The second-order valence-electron chi connectivity index (χ2n) is 5.26.